The van der Waals surface area contributed by atoms with Gasteiger partial charge in [-0.3, -0.25) is 14.9 Å². The molecule has 0 radical (unpaired) electrons. The predicted octanol–water partition coefficient (Wildman–Crippen LogP) is 4.08. The van der Waals surface area contributed by atoms with E-state index in [4.69, 9.17) is 23.2 Å². The van der Waals surface area contributed by atoms with E-state index in [-0.39, 0.29) is 23.3 Å². The highest BCUT2D eigenvalue weighted by Gasteiger charge is 2.35. The van der Waals surface area contributed by atoms with E-state index < -0.39 is 6.04 Å². The van der Waals surface area contributed by atoms with Gasteiger partial charge in [0.05, 0.1) is 22.2 Å². The lowest BCUT2D eigenvalue weighted by atomic mass is 10.1. The lowest BCUT2D eigenvalue weighted by molar-refractivity contribution is -0.123. The molecule has 1 aromatic heterocycles. The maximum atomic E-state index is 12.4. The molecule has 0 spiro atoms. The van der Waals surface area contributed by atoms with E-state index in [1.54, 1.807) is 18.2 Å². The quantitative estimate of drug-likeness (QED) is 0.671. The minimum atomic E-state index is -0.792. The van der Waals surface area contributed by atoms with E-state index in [0.717, 1.165) is 11.1 Å². The molecule has 28 heavy (non-hydrogen) atoms. The van der Waals surface area contributed by atoms with Gasteiger partial charge in [0.1, 0.15) is 6.04 Å². The number of hydrogen-bond donors (Lipinski definition) is 2. The number of rotatable bonds is 4. The molecule has 1 aliphatic rings. The third kappa shape index (κ3) is 3.46. The van der Waals surface area contributed by atoms with Crippen molar-refractivity contribution in [2.75, 3.05) is 10.6 Å². The molecule has 2 N–H and O–H groups in total. The molecule has 142 valence electrons. The number of benzene rings is 2. The number of fused-ring (bicyclic) bond motifs is 1. The summed E-state index contributed by atoms with van der Waals surface area (Å²) in [5.74, 6) is 0.0832. The van der Waals surface area contributed by atoms with Crippen LogP contribution in [-0.4, -0.2) is 26.6 Å². The van der Waals surface area contributed by atoms with Crippen molar-refractivity contribution >= 4 is 46.7 Å². The number of carbonyl (C=O) groups is 2. The van der Waals surface area contributed by atoms with Gasteiger partial charge in [0.2, 0.25) is 11.9 Å². The third-order valence-corrected chi connectivity index (χ3v) is 5.20. The Morgan fingerprint density at radius 2 is 1.96 bits per heavy atom. The Kier molecular flexibility index (Phi) is 4.78. The Labute approximate surface area is 170 Å². The normalized spacial score (nSPS) is 15.2. The van der Waals surface area contributed by atoms with Crippen LogP contribution in [0.1, 0.15) is 18.0 Å². The van der Waals surface area contributed by atoms with Gasteiger partial charge in [-0.2, -0.15) is 4.98 Å². The molecule has 7 nitrogen and oxygen atoms in total. The number of aryl methyl sites for hydroxylation is 1. The van der Waals surface area contributed by atoms with E-state index in [1.165, 1.54) is 4.68 Å². The molecule has 4 rings (SSSR count). The van der Waals surface area contributed by atoms with E-state index >= 15 is 0 Å². The van der Waals surface area contributed by atoms with Crippen molar-refractivity contribution in [3.63, 3.8) is 0 Å². The molecule has 2 heterocycles. The van der Waals surface area contributed by atoms with E-state index in [0.29, 0.717) is 22.5 Å². The molecule has 2 amide bonds. The number of nitrogens with one attached hydrogen (secondary N) is 2. The smallest absolute Gasteiger partial charge is 0.252 e. The largest absolute Gasteiger partial charge is 0.325 e. The molecule has 1 aliphatic heterocycles. The summed E-state index contributed by atoms with van der Waals surface area (Å²) in [7, 11) is 0. The molecule has 2 aromatic carbocycles. The average molecular weight is 416 g/mol. The number of carbonyl (C=O) groups excluding carboxylic acids is 2. The molecule has 0 fully saturated rings. The van der Waals surface area contributed by atoms with Crippen LogP contribution in [0.2, 0.25) is 10.0 Å². The summed E-state index contributed by atoms with van der Waals surface area (Å²) in [5, 5.41) is 10.3. The van der Waals surface area contributed by atoms with Gasteiger partial charge in [-0.15, -0.1) is 5.10 Å². The van der Waals surface area contributed by atoms with Gasteiger partial charge in [-0.25, -0.2) is 4.68 Å². The first kappa shape index (κ1) is 18.5. The summed E-state index contributed by atoms with van der Waals surface area (Å²) in [6.45, 7) is 1.99. The molecule has 0 saturated carbocycles. The van der Waals surface area contributed by atoms with Crippen LogP contribution < -0.4 is 10.6 Å². The number of hydrogen-bond acceptors (Lipinski definition) is 4. The van der Waals surface area contributed by atoms with Crippen LogP contribution in [0.4, 0.5) is 11.6 Å². The van der Waals surface area contributed by atoms with Gasteiger partial charge in [0.25, 0.3) is 5.91 Å². The summed E-state index contributed by atoms with van der Waals surface area (Å²) in [6.07, 6.45) is -0.113. The number of anilines is 2. The standard InChI is InChI=1S/C19H15Cl2N5O2/c1-10-5-7-11(8-6-10)17-23-19-24-18(28)14(26(19)25-17)9-15(27)22-13-4-2-3-12(20)16(13)21/h2-8,14H,9H2,1H3,(H,22,27)(H,23,24,25,28). The van der Waals surface area contributed by atoms with Crippen molar-refractivity contribution in [1.82, 2.24) is 14.8 Å². The fourth-order valence-corrected chi connectivity index (χ4v) is 3.26. The summed E-state index contributed by atoms with van der Waals surface area (Å²) < 4.78 is 1.44. The number of halogens is 2. The van der Waals surface area contributed by atoms with Crippen LogP contribution in [0.3, 0.4) is 0 Å². The Balaban J connectivity index is 1.53. The first-order valence-electron chi connectivity index (χ1n) is 8.50. The molecule has 0 bridgehead atoms. The molecule has 0 aliphatic carbocycles. The lowest BCUT2D eigenvalue weighted by Gasteiger charge is -2.11. The first-order valence-corrected chi connectivity index (χ1v) is 9.26. The van der Waals surface area contributed by atoms with Gasteiger partial charge in [0.15, 0.2) is 5.82 Å². The zero-order valence-electron chi connectivity index (χ0n) is 14.7. The molecular weight excluding hydrogens is 401 g/mol. The van der Waals surface area contributed by atoms with Crippen molar-refractivity contribution in [3.05, 3.63) is 58.1 Å². The molecule has 3 aromatic rings. The second-order valence-electron chi connectivity index (χ2n) is 6.43. The molecule has 1 unspecified atom stereocenters. The number of aromatic nitrogens is 3. The van der Waals surface area contributed by atoms with Crippen molar-refractivity contribution in [3.8, 4) is 11.4 Å². The summed E-state index contributed by atoms with van der Waals surface area (Å²) in [6, 6.07) is 11.9. The minimum Gasteiger partial charge on any atom is -0.325 e. The first-order chi connectivity index (χ1) is 13.4. The van der Waals surface area contributed by atoms with Crippen LogP contribution in [0.15, 0.2) is 42.5 Å². The van der Waals surface area contributed by atoms with Crippen molar-refractivity contribution < 1.29 is 9.59 Å². The maximum Gasteiger partial charge on any atom is 0.252 e. The summed E-state index contributed by atoms with van der Waals surface area (Å²) >= 11 is 12.1. The summed E-state index contributed by atoms with van der Waals surface area (Å²) in [5.41, 5.74) is 2.34. The number of nitrogens with zero attached hydrogens (tertiary/aromatic N) is 3. The van der Waals surface area contributed by atoms with Gasteiger partial charge in [0, 0.05) is 5.56 Å². The molecule has 0 saturated heterocycles. The maximum absolute atomic E-state index is 12.4. The second-order valence-corrected chi connectivity index (χ2v) is 7.21. The average Bonchev–Trinajstić information content (AvgIpc) is 3.18. The van der Waals surface area contributed by atoms with Gasteiger partial charge < -0.3 is 5.32 Å². The van der Waals surface area contributed by atoms with Crippen molar-refractivity contribution in [2.45, 2.75) is 19.4 Å². The molecule has 1 atom stereocenters. The van der Waals surface area contributed by atoms with E-state index in [1.807, 2.05) is 31.2 Å². The Bertz CT molecular complexity index is 1080. The Morgan fingerprint density at radius 3 is 2.71 bits per heavy atom. The van der Waals surface area contributed by atoms with Crippen molar-refractivity contribution in [1.29, 1.82) is 0 Å². The van der Waals surface area contributed by atoms with Crippen molar-refractivity contribution in [2.24, 2.45) is 0 Å². The minimum absolute atomic E-state index is 0.113. The van der Waals surface area contributed by atoms with Crippen LogP contribution >= 0.6 is 23.2 Å². The van der Waals surface area contributed by atoms with E-state index in [2.05, 4.69) is 20.7 Å². The highest BCUT2D eigenvalue weighted by atomic mass is 35.5. The predicted molar refractivity (Wildman–Crippen MR) is 108 cm³/mol. The summed E-state index contributed by atoms with van der Waals surface area (Å²) in [4.78, 5) is 29.1. The highest BCUT2D eigenvalue weighted by Crippen LogP contribution is 2.31. The highest BCUT2D eigenvalue weighted by molar-refractivity contribution is 6.44. The zero-order valence-corrected chi connectivity index (χ0v) is 16.3. The van der Waals surface area contributed by atoms with Gasteiger partial charge in [-0.1, -0.05) is 59.1 Å². The SMILES string of the molecule is Cc1ccc(-c2nc3n(n2)C(CC(=O)Nc2cccc(Cl)c2Cl)C(=O)N3)cc1. The fourth-order valence-electron chi connectivity index (χ4n) is 2.91. The van der Waals surface area contributed by atoms with Gasteiger partial charge >= 0.3 is 0 Å². The van der Waals surface area contributed by atoms with E-state index in [9.17, 15) is 9.59 Å². The zero-order chi connectivity index (χ0) is 19.8. The monoisotopic (exact) mass is 415 g/mol. The second kappa shape index (κ2) is 7.26. The fraction of sp³-hybridized carbons (Fsp3) is 0.158. The lowest BCUT2D eigenvalue weighted by Crippen LogP contribution is -2.23. The molecular formula is C19H15Cl2N5O2. The Hall–Kier alpha value is -2.90. The molecule has 9 heteroatoms. The topological polar surface area (TPSA) is 88.9 Å². The third-order valence-electron chi connectivity index (χ3n) is 4.38. The number of amides is 2. The van der Waals surface area contributed by atoms with Crippen LogP contribution in [0.25, 0.3) is 11.4 Å². The Morgan fingerprint density at radius 1 is 1.21 bits per heavy atom. The van der Waals surface area contributed by atoms with Crippen LogP contribution in [0, 0.1) is 6.92 Å². The van der Waals surface area contributed by atoms with Crippen LogP contribution in [0.5, 0.6) is 0 Å². The van der Waals surface area contributed by atoms with Crippen LogP contribution in [-0.2, 0) is 9.59 Å². The van der Waals surface area contributed by atoms with Gasteiger partial charge in [-0.05, 0) is 19.1 Å².